The van der Waals surface area contributed by atoms with Crippen LogP contribution in [0, 0.1) is 13.8 Å². The lowest BCUT2D eigenvalue weighted by molar-refractivity contribution is -0.402. The van der Waals surface area contributed by atoms with E-state index in [1.54, 1.807) is 7.11 Å². The number of benzene rings is 2. The van der Waals surface area contributed by atoms with Crippen molar-refractivity contribution in [1.82, 2.24) is 0 Å². The van der Waals surface area contributed by atoms with Gasteiger partial charge in [0.2, 0.25) is 5.69 Å². The molecule has 2 saturated carbocycles. The highest BCUT2D eigenvalue weighted by atomic mass is 35.5. The molecule has 5 heteroatoms. The van der Waals surface area contributed by atoms with E-state index in [0.717, 1.165) is 48.4 Å². The van der Waals surface area contributed by atoms with Crippen LogP contribution in [0.25, 0.3) is 0 Å². The van der Waals surface area contributed by atoms with Gasteiger partial charge in [0.1, 0.15) is 12.8 Å². The number of fused-ring (bicyclic) bond motifs is 4. The molecule has 1 N–H and O–H groups in total. The number of allylic oxidation sites excluding steroid dienone is 8. The lowest BCUT2D eigenvalue weighted by Gasteiger charge is -2.36. The number of halogens is 1. The number of nitrogens with zero attached hydrogens (tertiary/aromatic N) is 2. The maximum Gasteiger partial charge on any atom is 0.212 e. The number of rotatable bonds is 5. The molecule has 0 amide bonds. The predicted octanol–water partition coefficient (Wildman–Crippen LogP) is 10.1. The minimum Gasteiger partial charge on any atom is -0.497 e. The average Bonchev–Trinajstić information content (AvgIpc) is 3.44. The zero-order chi connectivity index (χ0) is 32.9. The molecule has 5 aliphatic rings. The Bertz CT molecular complexity index is 1740. The van der Waals surface area contributed by atoms with Crippen molar-refractivity contribution in [3.63, 3.8) is 0 Å². The van der Waals surface area contributed by atoms with Crippen LogP contribution in [-0.2, 0) is 17.4 Å². The quantitative estimate of drug-likeness (QED) is 0.327. The van der Waals surface area contributed by atoms with Gasteiger partial charge in [0.05, 0.1) is 19.1 Å². The zero-order valence-corrected chi connectivity index (χ0v) is 29.9. The van der Waals surface area contributed by atoms with Gasteiger partial charge in [-0.1, -0.05) is 74.4 Å². The van der Waals surface area contributed by atoms with E-state index in [-0.39, 0.29) is 17.4 Å². The fraction of sp³-hybridized carbons (Fsp3) is 0.500. The van der Waals surface area contributed by atoms with Gasteiger partial charge in [-0.05, 0) is 105 Å². The molecule has 2 spiro atoms. The summed E-state index contributed by atoms with van der Waals surface area (Å²) in [5.74, 6) is 0.960. The molecule has 0 saturated heterocycles. The number of aliphatic hydroxyl groups excluding tert-OH is 1. The first-order valence-corrected chi connectivity index (χ1v) is 18.4. The third-order valence-corrected chi connectivity index (χ3v) is 12.7. The Hall–Kier alpha value is -3.08. The molecule has 2 aromatic carbocycles. The number of hydrogen-bond donors (Lipinski definition) is 1. The summed E-state index contributed by atoms with van der Waals surface area (Å²) in [6, 6.07) is 8.91. The minimum atomic E-state index is 0.0107. The minimum absolute atomic E-state index is 0.0107. The molecular formula is C42H52ClN2O2+. The summed E-state index contributed by atoms with van der Waals surface area (Å²) < 4.78 is 8.20. The van der Waals surface area contributed by atoms with Crippen LogP contribution in [0.4, 0.5) is 11.4 Å². The summed E-state index contributed by atoms with van der Waals surface area (Å²) in [4.78, 5) is 2.43. The standard InChI is InChI=1S/C42H52ClN2O2/c1-28-23-30(27-46)25-34-39(28)44(3)36(41(34)19-8-6-9-20-41)17-15-31-13-12-14-32(38(31)43)16-18-37-42(21-10-7-11-22-42)35-26-33(47-5)24-29(2)40(35)45(37)4/h15-18,23-26,46H,6-14,19-22,27H2,1-5H3/q+1. The van der Waals surface area contributed by atoms with Crippen LogP contribution in [0.3, 0.4) is 0 Å². The van der Waals surface area contributed by atoms with Crippen molar-refractivity contribution in [3.05, 3.63) is 98.3 Å². The Labute approximate surface area is 287 Å². The molecule has 0 radical (unpaired) electrons. The number of likely N-dealkylation sites (N-methyl/N-ethyl adjacent to an activating group) is 1. The highest BCUT2D eigenvalue weighted by Crippen LogP contribution is 2.56. The normalized spacial score (nSPS) is 23.6. The summed E-state index contributed by atoms with van der Waals surface area (Å²) in [6.45, 7) is 4.50. The van der Waals surface area contributed by atoms with E-state index in [9.17, 15) is 5.11 Å². The number of aliphatic hydroxyl groups is 1. The van der Waals surface area contributed by atoms with Gasteiger partial charge in [0.15, 0.2) is 5.71 Å². The summed E-state index contributed by atoms with van der Waals surface area (Å²) in [5, 5.41) is 11.0. The van der Waals surface area contributed by atoms with Crippen LogP contribution in [0.5, 0.6) is 5.75 Å². The van der Waals surface area contributed by atoms with Gasteiger partial charge < -0.3 is 14.7 Å². The molecule has 0 atom stereocenters. The van der Waals surface area contributed by atoms with Crippen LogP contribution in [0.1, 0.15) is 111 Å². The van der Waals surface area contributed by atoms with Crippen molar-refractivity contribution in [2.45, 2.75) is 115 Å². The first kappa shape index (κ1) is 32.5. The summed E-state index contributed by atoms with van der Waals surface area (Å²) in [7, 11) is 6.26. The molecule has 7 rings (SSSR count). The smallest absolute Gasteiger partial charge is 0.212 e. The van der Waals surface area contributed by atoms with E-state index in [1.807, 2.05) is 0 Å². The Kier molecular flexibility index (Phi) is 8.81. The van der Waals surface area contributed by atoms with E-state index in [2.05, 4.69) is 86.0 Å². The number of hydrogen-bond acceptors (Lipinski definition) is 3. The van der Waals surface area contributed by atoms with Crippen molar-refractivity contribution >= 4 is 28.7 Å². The van der Waals surface area contributed by atoms with Gasteiger partial charge in [-0.15, -0.1) is 0 Å². The van der Waals surface area contributed by atoms with E-state index >= 15 is 0 Å². The molecule has 4 nitrogen and oxygen atoms in total. The summed E-state index contributed by atoms with van der Waals surface area (Å²) in [6.07, 6.45) is 24.8. The number of methoxy groups -OCH3 is 1. The highest BCUT2D eigenvalue weighted by molar-refractivity contribution is 6.32. The number of ether oxygens (including phenoxy) is 1. The number of anilines is 1. The van der Waals surface area contributed by atoms with E-state index < -0.39 is 0 Å². The third-order valence-electron chi connectivity index (χ3n) is 12.2. The van der Waals surface area contributed by atoms with Crippen LogP contribution < -0.4 is 9.64 Å². The van der Waals surface area contributed by atoms with Crippen molar-refractivity contribution < 1.29 is 14.4 Å². The second-order valence-electron chi connectivity index (χ2n) is 14.9. The van der Waals surface area contributed by atoms with Crippen molar-refractivity contribution in [2.24, 2.45) is 0 Å². The maximum absolute atomic E-state index is 10.0. The van der Waals surface area contributed by atoms with Crippen molar-refractivity contribution in [1.29, 1.82) is 0 Å². The Morgan fingerprint density at radius 1 is 0.851 bits per heavy atom. The van der Waals surface area contributed by atoms with Crippen LogP contribution in [-0.4, -0.2) is 36.6 Å². The fourth-order valence-electron chi connectivity index (χ4n) is 10.1. The Morgan fingerprint density at radius 3 is 2.23 bits per heavy atom. The second kappa shape index (κ2) is 12.7. The lowest BCUT2D eigenvalue weighted by Crippen LogP contribution is -2.36. The van der Waals surface area contributed by atoms with Crippen LogP contribution >= 0.6 is 11.6 Å². The topological polar surface area (TPSA) is 35.7 Å². The predicted molar refractivity (Wildman–Crippen MR) is 196 cm³/mol. The van der Waals surface area contributed by atoms with Crippen LogP contribution in [0.2, 0.25) is 0 Å². The Morgan fingerprint density at radius 2 is 1.55 bits per heavy atom. The van der Waals surface area contributed by atoms with Crippen molar-refractivity contribution in [3.8, 4) is 5.75 Å². The second-order valence-corrected chi connectivity index (χ2v) is 15.2. The zero-order valence-electron chi connectivity index (χ0n) is 29.1. The molecule has 47 heavy (non-hydrogen) atoms. The summed E-state index contributed by atoms with van der Waals surface area (Å²) >= 11 is 7.30. The van der Waals surface area contributed by atoms with E-state index in [4.69, 9.17) is 16.3 Å². The van der Waals surface area contributed by atoms with Crippen molar-refractivity contribution in [2.75, 3.05) is 26.1 Å². The average molecular weight is 652 g/mol. The van der Waals surface area contributed by atoms with Gasteiger partial charge in [0, 0.05) is 46.1 Å². The molecular weight excluding hydrogens is 600 g/mol. The molecule has 2 aromatic rings. The van der Waals surface area contributed by atoms with E-state index in [0.29, 0.717) is 0 Å². The molecule has 248 valence electrons. The van der Waals surface area contributed by atoms with Gasteiger partial charge >= 0.3 is 0 Å². The first-order valence-electron chi connectivity index (χ1n) is 18.0. The highest BCUT2D eigenvalue weighted by Gasteiger charge is 2.51. The molecule has 0 unspecified atom stereocenters. The number of aryl methyl sites for hydroxylation is 2. The SMILES string of the molecule is COc1cc(C)c2c(c1)C1(CCCCC1)C(C=CC1=C(Cl)C(=CC=C3N(C)c4c(C)cc(CO)cc4C34CCCCC4)CCC1)=[N+]2C. The van der Waals surface area contributed by atoms with Gasteiger partial charge in [-0.25, -0.2) is 0 Å². The Balaban J connectivity index is 1.25. The fourth-order valence-corrected chi connectivity index (χ4v) is 10.4. The third kappa shape index (κ3) is 5.26. The van der Waals surface area contributed by atoms with Gasteiger partial charge in [-0.3, -0.25) is 0 Å². The molecule has 3 aliphatic carbocycles. The van der Waals surface area contributed by atoms with Gasteiger partial charge in [0.25, 0.3) is 0 Å². The monoisotopic (exact) mass is 651 g/mol. The molecule has 2 heterocycles. The first-order chi connectivity index (χ1) is 22.7. The van der Waals surface area contributed by atoms with Gasteiger partial charge in [-0.2, -0.15) is 4.58 Å². The molecule has 0 bridgehead atoms. The van der Waals surface area contributed by atoms with Crippen LogP contribution in [0.15, 0.2) is 70.4 Å². The molecule has 2 aliphatic heterocycles. The molecule has 0 aromatic heterocycles. The lowest BCUT2D eigenvalue weighted by atomic mass is 9.67. The molecule has 2 fully saturated rings. The maximum atomic E-state index is 10.0. The largest absolute Gasteiger partial charge is 0.497 e. The summed E-state index contributed by atoms with van der Waals surface area (Å²) in [5.41, 5.74) is 14.4. The van der Waals surface area contributed by atoms with E-state index in [1.165, 1.54) is 108 Å².